The summed E-state index contributed by atoms with van der Waals surface area (Å²) in [4.78, 5) is 0. The largest absolute Gasteiger partial charge is 0.434 e. The van der Waals surface area contributed by atoms with Crippen LogP contribution in [0, 0.1) is 0 Å². The van der Waals surface area contributed by atoms with E-state index in [0.29, 0.717) is 35.4 Å². The van der Waals surface area contributed by atoms with Crippen molar-refractivity contribution in [2.45, 2.75) is 102 Å². The van der Waals surface area contributed by atoms with Crippen molar-refractivity contribution < 1.29 is 18.4 Å². The molecule has 2 rings (SSSR count). The highest BCUT2D eigenvalue weighted by atomic mass is 28.4. The molecule has 3 atom stereocenters. The molecular formula is C18H38O4Si2. The van der Waals surface area contributed by atoms with E-state index < -0.39 is 22.5 Å². The van der Waals surface area contributed by atoms with Gasteiger partial charge in [-0.3, -0.25) is 0 Å². The van der Waals surface area contributed by atoms with Crippen molar-refractivity contribution in [2.75, 3.05) is 13.2 Å². The van der Waals surface area contributed by atoms with Crippen LogP contribution in [-0.2, 0) is 13.3 Å². The van der Waals surface area contributed by atoms with E-state index in [4.69, 9.17) is 13.3 Å². The van der Waals surface area contributed by atoms with E-state index in [9.17, 15) is 5.11 Å². The SMILES string of the molecule is CC(C)[Si]1(C(C)C)OC[C@H]2OC[C@](C)(O)[C@@H]2[Si](C(C)C)(C(C)C)O1. The maximum Gasteiger partial charge on any atom is 0.333 e. The molecule has 0 aromatic heterocycles. The molecule has 24 heavy (non-hydrogen) atoms. The van der Waals surface area contributed by atoms with Gasteiger partial charge in [-0.25, -0.2) is 0 Å². The number of aliphatic hydroxyl groups is 1. The fourth-order valence-corrected chi connectivity index (χ4v) is 19.0. The van der Waals surface area contributed by atoms with Gasteiger partial charge in [0.15, 0.2) is 8.32 Å². The Kier molecular flexibility index (Phi) is 5.81. The highest BCUT2D eigenvalue weighted by molar-refractivity contribution is 6.88. The number of hydrogen-bond donors (Lipinski definition) is 1. The number of fused-ring (bicyclic) bond motifs is 1. The Hall–Kier alpha value is 0.274. The molecule has 0 aromatic carbocycles. The van der Waals surface area contributed by atoms with Crippen LogP contribution in [0.5, 0.6) is 0 Å². The van der Waals surface area contributed by atoms with Gasteiger partial charge in [0.1, 0.15) is 0 Å². The molecule has 2 aliphatic rings. The molecule has 142 valence electrons. The molecule has 0 aromatic rings. The van der Waals surface area contributed by atoms with Gasteiger partial charge in [0.25, 0.3) is 0 Å². The molecule has 0 spiro atoms. The summed E-state index contributed by atoms with van der Waals surface area (Å²) in [5, 5.41) is 11.2. The van der Waals surface area contributed by atoms with E-state index in [2.05, 4.69) is 55.4 Å². The second kappa shape index (κ2) is 6.78. The lowest BCUT2D eigenvalue weighted by Gasteiger charge is -2.51. The molecule has 0 amide bonds. The van der Waals surface area contributed by atoms with E-state index in [1.165, 1.54) is 0 Å². The number of ether oxygens (including phenoxy) is 1. The minimum Gasteiger partial charge on any atom is -0.434 e. The maximum absolute atomic E-state index is 11.2. The smallest absolute Gasteiger partial charge is 0.333 e. The van der Waals surface area contributed by atoms with Crippen molar-refractivity contribution in [1.82, 2.24) is 0 Å². The van der Waals surface area contributed by atoms with Crippen molar-refractivity contribution in [2.24, 2.45) is 0 Å². The van der Waals surface area contributed by atoms with Crippen LogP contribution in [0.4, 0.5) is 0 Å². The third-order valence-electron chi connectivity index (χ3n) is 6.34. The van der Waals surface area contributed by atoms with Crippen molar-refractivity contribution >= 4 is 16.9 Å². The quantitative estimate of drug-likeness (QED) is 0.732. The second-order valence-corrected chi connectivity index (χ2v) is 18.8. The lowest BCUT2D eigenvalue weighted by molar-refractivity contribution is 0.0224. The zero-order valence-corrected chi connectivity index (χ0v) is 19.1. The predicted octanol–water partition coefficient (Wildman–Crippen LogP) is 4.58. The first-order chi connectivity index (χ1) is 10.9. The molecule has 0 aliphatic carbocycles. The van der Waals surface area contributed by atoms with Crippen LogP contribution in [0.2, 0.25) is 27.7 Å². The summed E-state index contributed by atoms with van der Waals surface area (Å²) in [7, 11) is -4.76. The van der Waals surface area contributed by atoms with Crippen molar-refractivity contribution in [1.29, 1.82) is 0 Å². The predicted molar refractivity (Wildman–Crippen MR) is 103 cm³/mol. The monoisotopic (exact) mass is 374 g/mol. The van der Waals surface area contributed by atoms with E-state index in [1.54, 1.807) is 0 Å². The zero-order chi connectivity index (χ0) is 18.5. The third-order valence-corrected chi connectivity index (χ3v) is 18.4. The normalized spacial score (nSPS) is 35.8. The first-order valence-corrected chi connectivity index (χ1v) is 13.7. The van der Waals surface area contributed by atoms with Crippen LogP contribution in [-0.4, -0.2) is 46.9 Å². The van der Waals surface area contributed by atoms with Crippen LogP contribution >= 0.6 is 0 Å². The van der Waals surface area contributed by atoms with Gasteiger partial charge < -0.3 is 18.4 Å². The van der Waals surface area contributed by atoms with E-state index in [0.717, 1.165) is 0 Å². The Labute approximate surface area is 150 Å². The summed E-state index contributed by atoms with van der Waals surface area (Å²) < 4.78 is 20.0. The summed E-state index contributed by atoms with van der Waals surface area (Å²) in [6.07, 6.45) is -0.0386. The fraction of sp³-hybridized carbons (Fsp3) is 1.00. The molecule has 2 aliphatic heterocycles. The Morgan fingerprint density at radius 3 is 1.83 bits per heavy atom. The van der Waals surface area contributed by atoms with Gasteiger partial charge in [0.2, 0.25) is 0 Å². The van der Waals surface area contributed by atoms with Gasteiger partial charge in [-0.05, 0) is 29.1 Å². The Balaban J connectivity index is 2.65. The topological polar surface area (TPSA) is 47.9 Å². The minimum absolute atomic E-state index is 0.0386. The summed E-state index contributed by atoms with van der Waals surface area (Å²) >= 11 is 0. The van der Waals surface area contributed by atoms with Gasteiger partial charge in [-0.15, -0.1) is 0 Å². The van der Waals surface area contributed by atoms with Crippen LogP contribution in [0.3, 0.4) is 0 Å². The molecule has 0 radical (unpaired) electrons. The molecule has 6 heteroatoms. The first-order valence-electron chi connectivity index (χ1n) is 9.60. The summed E-state index contributed by atoms with van der Waals surface area (Å²) in [6.45, 7) is 21.0. The molecule has 1 N–H and O–H groups in total. The van der Waals surface area contributed by atoms with E-state index in [1.807, 2.05) is 6.92 Å². The third kappa shape index (κ3) is 2.97. The van der Waals surface area contributed by atoms with Gasteiger partial charge in [-0.1, -0.05) is 55.4 Å². The zero-order valence-electron chi connectivity index (χ0n) is 17.1. The van der Waals surface area contributed by atoms with Crippen molar-refractivity contribution in [3.63, 3.8) is 0 Å². The van der Waals surface area contributed by atoms with Crippen molar-refractivity contribution in [3.8, 4) is 0 Å². The summed E-state index contributed by atoms with van der Waals surface area (Å²) in [5.74, 6) is 0. The Morgan fingerprint density at radius 2 is 1.42 bits per heavy atom. The summed E-state index contributed by atoms with van der Waals surface area (Å²) in [5.41, 5.74) is 0.814. The van der Waals surface area contributed by atoms with Gasteiger partial charge in [0, 0.05) is 5.54 Å². The Morgan fingerprint density at radius 1 is 0.917 bits per heavy atom. The number of hydrogen-bond acceptors (Lipinski definition) is 4. The van der Waals surface area contributed by atoms with Gasteiger partial charge in [-0.2, -0.15) is 0 Å². The van der Waals surface area contributed by atoms with E-state index in [-0.39, 0.29) is 11.6 Å². The lowest BCUT2D eigenvalue weighted by atomic mass is 10.0. The lowest BCUT2D eigenvalue weighted by Crippen LogP contribution is -2.63. The van der Waals surface area contributed by atoms with Crippen LogP contribution in [0.25, 0.3) is 0 Å². The standard InChI is InChI=1S/C18H38O4Si2/c1-12(2)23(13(3)4)17-16(20-11-18(17,9)19)10-21-24(22-23,14(5)6)15(7)8/h12-17,19H,10-11H2,1-9H3/t16-,17-,18+/m1/s1. The Bertz CT molecular complexity index is 432. The second-order valence-electron chi connectivity index (χ2n) is 9.29. The summed E-state index contributed by atoms with van der Waals surface area (Å²) in [6, 6.07) is 0. The fourth-order valence-electron chi connectivity index (χ4n) is 5.22. The molecule has 2 fully saturated rings. The van der Waals surface area contributed by atoms with Gasteiger partial charge in [0.05, 0.1) is 24.9 Å². The minimum atomic E-state index is -2.41. The number of rotatable bonds is 4. The highest BCUT2D eigenvalue weighted by Gasteiger charge is 2.67. The molecule has 4 nitrogen and oxygen atoms in total. The molecule has 2 saturated heterocycles. The first kappa shape index (κ1) is 20.6. The molecule has 2 heterocycles. The van der Waals surface area contributed by atoms with Crippen LogP contribution in [0.1, 0.15) is 62.3 Å². The van der Waals surface area contributed by atoms with Gasteiger partial charge >= 0.3 is 8.56 Å². The van der Waals surface area contributed by atoms with Crippen molar-refractivity contribution in [3.05, 3.63) is 0 Å². The van der Waals surface area contributed by atoms with Crippen LogP contribution in [0.15, 0.2) is 0 Å². The molecule has 0 saturated carbocycles. The average Bonchev–Trinajstić information content (AvgIpc) is 2.66. The molecule has 0 bridgehead atoms. The highest BCUT2D eigenvalue weighted by Crippen LogP contribution is 2.57. The molecule has 0 unspecified atom stereocenters. The average molecular weight is 375 g/mol. The van der Waals surface area contributed by atoms with E-state index >= 15 is 0 Å². The maximum atomic E-state index is 11.2. The van der Waals surface area contributed by atoms with Crippen LogP contribution < -0.4 is 0 Å². The molecular weight excluding hydrogens is 336 g/mol.